The van der Waals surface area contributed by atoms with E-state index in [1.54, 1.807) is 23.7 Å². The third-order valence-electron chi connectivity index (χ3n) is 2.25. The van der Waals surface area contributed by atoms with Crippen LogP contribution in [0.1, 0.15) is 5.56 Å². The molecule has 0 unspecified atom stereocenters. The Bertz CT molecular complexity index is 566. The molecule has 0 saturated carbocycles. The van der Waals surface area contributed by atoms with Crippen LogP contribution in [0.2, 0.25) is 0 Å². The van der Waals surface area contributed by atoms with E-state index in [1.165, 1.54) is 11.3 Å². The second kappa shape index (κ2) is 5.42. The van der Waals surface area contributed by atoms with Crippen molar-refractivity contribution in [3.8, 4) is 0 Å². The zero-order chi connectivity index (χ0) is 13.0. The van der Waals surface area contributed by atoms with Gasteiger partial charge in [-0.05, 0) is 18.6 Å². The Morgan fingerprint density at radius 1 is 1.17 bits per heavy atom. The maximum Gasteiger partial charge on any atom is 0.315 e. The van der Waals surface area contributed by atoms with Crippen LogP contribution in [0.5, 0.6) is 0 Å². The highest BCUT2D eigenvalue weighted by Crippen LogP contribution is 2.14. The normalized spacial score (nSPS) is 9.83. The molecule has 0 aliphatic heterocycles. The first-order valence-electron chi connectivity index (χ1n) is 5.24. The molecule has 2 N–H and O–H groups in total. The number of hydrogen-bond acceptors (Lipinski definition) is 4. The molecule has 0 aliphatic carbocycles. The Labute approximate surface area is 108 Å². The van der Waals surface area contributed by atoms with E-state index in [2.05, 4.69) is 15.6 Å². The smallest absolute Gasteiger partial charge is 0.315 e. The van der Waals surface area contributed by atoms with E-state index < -0.39 is 11.8 Å². The van der Waals surface area contributed by atoms with Crippen molar-refractivity contribution in [3.63, 3.8) is 0 Å². The van der Waals surface area contributed by atoms with Gasteiger partial charge in [-0.3, -0.25) is 14.9 Å². The van der Waals surface area contributed by atoms with Crippen LogP contribution in [-0.4, -0.2) is 16.8 Å². The molecular formula is C12H11N3O2S. The fourth-order valence-corrected chi connectivity index (χ4v) is 1.86. The average molecular weight is 261 g/mol. The van der Waals surface area contributed by atoms with Crippen molar-refractivity contribution < 1.29 is 9.59 Å². The predicted molar refractivity (Wildman–Crippen MR) is 70.6 cm³/mol. The summed E-state index contributed by atoms with van der Waals surface area (Å²) < 4.78 is 0. The van der Waals surface area contributed by atoms with E-state index in [4.69, 9.17) is 0 Å². The minimum absolute atomic E-state index is 0.403. The van der Waals surface area contributed by atoms with Gasteiger partial charge in [-0.2, -0.15) is 0 Å². The second-order valence-electron chi connectivity index (χ2n) is 3.56. The van der Waals surface area contributed by atoms with Gasteiger partial charge in [-0.15, -0.1) is 11.3 Å². The molecule has 1 aromatic carbocycles. The number of aromatic nitrogens is 1. The van der Waals surface area contributed by atoms with E-state index in [0.29, 0.717) is 10.8 Å². The lowest BCUT2D eigenvalue weighted by molar-refractivity contribution is -0.133. The van der Waals surface area contributed by atoms with Gasteiger partial charge in [0.25, 0.3) is 0 Å². The molecule has 0 bridgehead atoms. The number of nitrogens with one attached hydrogen (secondary N) is 2. The Balaban J connectivity index is 2.00. The minimum Gasteiger partial charge on any atom is -0.318 e. The Morgan fingerprint density at radius 3 is 2.56 bits per heavy atom. The summed E-state index contributed by atoms with van der Waals surface area (Å²) in [6.45, 7) is 1.86. The average Bonchev–Trinajstić information content (AvgIpc) is 2.84. The van der Waals surface area contributed by atoms with Gasteiger partial charge in [0.15, 0.2) is 5.13 Å². The number of aryl methyl sites for hydroxylation is 1. The maximum absolute atomic E-state index is 11.6. The maximum atomic E-state index is 11.6. The minimum atomic E-state index is -0.729. The number of benzene rings is 1. The topological polar surface area (TPSA) is 71.1 Å². The molecule has 2 aromatic rings. The van der Waals surface area contributed by atoms with Crippen molar-refractivity contribution in [2.75, 3.05) is 10.6 Å². The summed E-state index contributed by atoms with van der Waals surface area (Å²) in [5.74, 6) is -1.44. The monoisotopic (exact) mass is 261 g/mol. The molecule has 92 valence electrons. The van der Waals surface area contributed by atoms with E-state index in [-0.39, 0.29) is 0 Å². The summed E-state index contributed by atoms with van der Waals surface area (Å²) in [5.41, 5.74) is 1.52. The van der Waals surface area contributed by atoms with Gasteiger partial charge in [0, 0.05) is 17.3 Å². The van der Waals surface area contributed by atoms with Gasteiger partial charge >= 0.3 is 11.8 Å². The number of anilines is 2. The van der Waals surface area contributed by atoms with Crippen molar-refractivity contribution >= 4 is 34.0 Å². The van der Waals surface area contributed by atoms with E-state index >= 15 is 0 Å². The van der Waals surface area contributed by atoms with Gasteiger partial charge < -0.3 is 5.32 Å². The predicted octanol–water partition coefficient (Wildman–Crippen LogP) is 2.03. The number of carbonyl (C=O) groups is 2. The lowest BCUT2D eigenvalue weighted by Gasteiger charge is -2.07. The highest BCUT2D eigenvalue weighted by molar-refractivity contribution is 7.13. The molecule has 2 amide bonds. The highest BCUT2D eigenvalue weighted by atomic mass is 32.1. The van der Waals surface area contributed by atoms with Gasteiger partial charge in [-0.1, -0.05) is 18.2 Å². The molecule has 5 nitrogen and oxygen atoms in total. The van der Waals surface area contributed by atoms with Crippen LogP contribution in [0.3, 0.4) is 0 Å². The summed E-state index contributed by atoms with van der Waals surface area (Å²) in [6.07, 6.45) is 1.56. The van der Waals surface area contributed by atoms with Crippen molar-refractivity contribution in [1.82, 2.24) is 4.98 Å². The standard InChI is InChI=1S/C12H11N3O2S/c1-8-4-2-3-5-9(8)14-10(16)11(17)15-12-13-6-7-18-12/h2-7H,1H3,(H,14,16)(H,13,15,17). The summed E-state index contributed by atoms with van der Waals surface area (Å²) in [6, 6.07) is 7.25. The van der Waals surface area contributed by atoms with Crippen molar-refractivity contribution in [1.29, 1.82) is 0 Å². The van der Waals surface area contributed by atoms with E-state index in [0.717, 1.165) is 5.56 Å². The fourth-order valence-electron chi connectivity index (χ4n) is 1.33. The van der Waals surface area contributed by atoms with Gasteiger partial charge in [-0.25, -0.2) is 4.98 Å². The molecule has 1 aromatic heterocycles. The Hall–Kier alpha value is -2.21. The highest BCUT2D eigenvalue weighted by Gasteiger charge is 2.15. The molecule has 6 heteroatoms. The van der Waals surface area contributed by atoms with E-state index in [1.807, 2.05) is 19.1 Å². The molecule has 1 heterocycles. The largest absolute Gasteiger partial charge is 0.318 e. The first-order valence-corrected chi connectivity index (χ1v) is 6.12. The second-order valence-corrected chi connectivity index (χ2v) is 4.45. The number of nitrogens with zero attached hydrogens (tertiary/aromatic N) is 1. The van der Waals surface area contributed by atoms with Gasteiger partial charge in [0.05, 0.1) is 0 Å². The molecule has 18 heavy (non-hydrogen) atoms. The molecule has 0 radical (unpaired) electrons. The van der Waals surface area contributed by atoms with Crippen LogP contribution in [0.25, 0.3) is 0 Å². The number of amides is 2. The first kappa shape index (κ1) is 12.3. The number of hydrogen-bond donors (Lipinski definition) is 2. The molecule has 0 fully saturated rings. The molecule has 0 spiro atoms. The number of para-hydroxylation sites is 1. The van der Waals surface area contributed by atoms with Crippen molar-refractivity contribution in [2.45, 2.75) is 6.92 Å². The Morgan fingerprint density at radius 2 is 1.89 bits per heavy atom. The summed E-state index contributed by atoms with van der Waals surface area (Å²) in [4.78, 5) is 27.1. The molecule has 0 saturated heterocycles. The van der Waals surface area contributed by atoms with Crippen molar-refractivity contribution in [3.05, 3.63) is 41.4 Å². The third kappa shape index (κ3) is 2.92. The quantitative estimate of drug-likeness (QED) is 0.812. The molecule has 2 rings (SSSR count). The van der Waals surface area contributed by atoms with Crippen LogP contribution < -0.4 is 10.6 Å². The molecular weight excluding hydrogens is 250 g/mol. The molecule has 0 atom stereocenters. The van der Waals surface area contributed by atoms with E-state index in [9.17, 15) is 9.59 Å². The van der Waals surface area contributed by atoms with Gasteiger partial charge in [0.2, 0.25) is 0 Å². The van der Waals surface area contributed by atoms with Crippen LogP contribution >= 0.6 is 11.3 Å². The molecule has 0 aliphatic rings. The summed E-state index contributed by atoms with van der Waals surface area (Å²) >= 11 is 1.26. The number of thiazole rings is 1. The van der Waals surface area contributed by atoms with Crippen molar-refractivity contribution in [2.24, 2.45) is 0 Å². The first-order chi connectivity index (χ1) is 8.66. The SMILES string of the molecule is Cc1ccccc1NC(=O)C(=O)Nc1nccs1. The summed E-state index contributed by atoms with van der Waals surface area (Å²) in [5, 5.41) is 7.09. The van der Waals surface area contributed by atoms with Crippen LogP contribution in [0.15, 0.2) is 35.8 Å². The van der Waals surface area contributed by atoms with Crippen LogP contribution in [0, 0.1) is 6.92 Å². The summed E-state index contributed by atoms with van der Waals surface area (Å²) in [7, 11) is 0. The zero-order valence-corrected chi connectivity index (χ0v) is 10.5. The number of carbonyl (C=O) groups excluding carboxylic acids is 2. The van der Waals surface area contributed by atoms with Gasteiger partial charge in [0.1, 0.15) is 0 Å². The number of rotatable bonds is 2. The Kier molecular flexibility index (Phi) is 3.69. The zero-order valence-electron chi connectivity index (χ0n) is 9.64. The third-order valence-corrected chi connectivity index (χ3v) is 2.94. The van der Waals surface area contributed by atoms with Crippen LogP contribution in [-0.2, 0) is 9.59 Å². The fraction of sp³-hybridized carbons (Fsp3) is 0.0833. The lowest BCUT2D eigenvalue weighted by atomic mass is 10.2. The van der Waals surface area contributed by atoms with Crippen LogP contribution in [0.4, 0.5) is 10.8 Å². The lowest BCUT2D eigenvalue weighted by Crippen LogP contribution is -2.29.